The first-order valence-electron chi connectivity index (χ1n) is 13.0. The van der Waals surface area contributed by atoms with Gasteiger partial charge in [-0.2, -0.15) is 0 Å². The number of aromatic nitrogens is 2. The standard InChI is InChI=1S/C28H36N6O4/c1-33-17-20-15-19(11-12-21(20)30-24(28(33)37)16-26(35)38-2)27(36)34(14-8-4-3-7-13-29)18-25-31-22-9-5-6-10-23(22)32-25/h5-6,9-12,15,24,30H,3-4,7-8,13-14,16-18,29H2,1-2H3,(H,31,32)/t24-/m1/s1. The monoisotopic (exact) mass is 520 g/mol. The molecule has 38 heavy (non-hydrogen) atoms. The van der Waals surface area contributed by atoms with E-state index in [9.17, 15) is 14.4 Å². The van der Waals surface area contributed by atoms with Gasteiger partial charge in [-0.15, -0.1) is 0 Å². The van der Waals surface area contributed by atoms with Gasteiger partial charge in [0.15, 0.2) is 0 Å². The molecule has 3 aromatic rings. The van der Waals surface area contributed by atoms with E-state index in [0.29, 0.717) is 31.7 Å². The summed E-state index contributed by atoms with van der Waals surface area (Å²) in [5.74, 6) is -0.0407. The first-order valence-corrected chi connectivity index (χ1v) is 13.0. The van der Waals surface area contributed by atoms with Crippen molar-refractivity contribution in [3.63, 3.8) is 0 Å². The molecule has 0 saturated heterocycles. The Kier molecular flexibility index (Phi) is 8.96. The number of methoxy groups -OCH3 is 1. The first-order chi connectivity index (χ1) is 18.4. The highest BCUT2D eigenvalue weighted by atomic mass is 16.5. The number of carbonyl (C=O) groups is 3. The Bertz CT molecular complexity index is 1260. The number of esters is 1. The van der Waals surface area contributed by atoms with E-state index >= 15 is 0 Å². The number of amides is 2. The van der Waals surface area contributed by atoms with Crippen molar-refractivity contribution < 1.29 is 19.1 Å². The zero-order valence-corrected chi connectivity index (χ0v) is 22.0. The number of ether oxygens (including phenoxy) is 1. The molecule has 1 aliphatic heterocycles. The van der Waals surface area contributed by atoms with Crippen LogP contribution in [0.15, 0.2) is 42.5 Å². The molecule has 0 bridgehead atoms. The maximum absolute atomic E-state index is 13.8. The number of hydrogen-bond acceptors (Lipinski definition) is 7. The highest BCUT2D eigenvalue weighted by Crippen LogP contribution is 2.26. The molecular formula is C28H36N6O4. The highest BCUT2D eigenvalue weighted by molar-refractivity contribution is 5.96. The molecule has 202 valence electrons. The number of imidazole rings is 1. The van der Waals surface area contributed by atoms with Crippen molar-refractivity contribution in [2.45, 2.75) is 51.2 Å². The molecule has 1 aromatic heterocycles. The van der Waals surface area contributed by atoms with Crippen LogP contribution < -0.4 is 11.1 Å². The predicted octanol–water partition coefficient (Wildman–Crippen LogP) is 3.04. The molecule has 1 aliphatic rings. The Morgan fingerprint density at radius 2 is 1.95 bits per heavy atom. The van der Waals surface area contributed by atoms with Crippen molar-refractivity contribution in [1.82, 2.24) is 19.8 Å². The van der Waals surface area contributed by atoms with E-state index in [0.717, 1.165) is 53.8 Å². The Labute approximate surface area is 222 Å². The van der Waals surface area contributed by atoms with Gasteiger partial charge in [0.25, 0.3) is 5.91 Å². The first kappa shape index (κ1) is 27.1. The summed E-state index contributed by atoms with van der Waals surface area (Å²) in [5.41, 5.74) is 9.50. The molecule has 10 nitrogen and oxygen atoms in total. The van der Waals surface area contributed by atoms with Gasteiger partial charge in [0.05, 0.1) is 31.1 Å². The number of H-pyrrole nitrogens is 1. The quantitative estimate of drug-likeness (QED) is 0.261. The Balaban J connectivity index is 1.55. The molecule has 0 unspecified atom stereocenters. The number of nitrogens with zero attached hydrogens (tertiary/aromatic N) is 3. The van der Waals surface area contributed by atoms with Crippen LogP contribution in [0.3, 0.4) is 0 Å². The fourth-order valence-electron chi connectivity index (χ4n) is 4.73. The molecular weight excluding hydrogens is 484 g/mol. The van der Waals surface area contributed by atoms with Gasteiger partial charge < -0.3 is 30.6 Å². The molecule has 2 aromatic carbocycles. The number of hydrogen-bond donors (Lipinski definition) is 3. The maximum atomic E-state index is 13.8. The Morgan fingerprint density at radius 3 is 2.71 bits per heavy atom. The number of para-hydroxylation sites is 2. The van der Waals surface area contributed by atoms with Crippen LogP contribution >= 0.6 is 0 Å². The lowest BCUT2D eigenvalue weighted by molar-refractivity contribution is -0.143. The summed E-state index contributed by atoms with van der Waals surface area (Å²) < 4.78 is 4.75. The lowest BCUT2D eigenvalue weighted by Gasteiger charge is -2.23. The molecule has 2 amide bonds. The van der Waals surface area contributed by atoms with E-state index in [4.69, 9.17) is 10.5 Å². The van der Waals surface area contributed by atoms with Crippen molar-refractivity contribution in [1.29, 1.82) is 0 Å². The second-order valence-corrected chi connectivity index (χ2v) is 9.67. The van der Waals surface area contributed by atoms with E-state index < -0.39 is 12.0 Å². The molecule has 4 N–H and O–H groups in total. The third-order valence-electron chi connectivity index (χ3n) is 6.81. The van der Waals surface area contributed by atoms with Crippen molar-refractivity contribution >= 4 is 34.5 Å². The summed E-state index contributed by atoms with van der Waals surface area (Å²) in [7, 11) is 2.99. The van der Waals surface area contributed by atoms with Crippen LogP contribution in [-0.2, 0) is 27.4 Å². The number of carbonyl (C=O) groups excluding carboxylic acids is 3. The fraction of sp³-hybridized carbons (Fsp3) is 0.429. The van der Waals surface area contributed by atoms with Gasteiger partial charge in [-0.3, -0.25) is 14.4 Å². The maximum Gasteiger partial charge on any atom is 0.308 e. The van der Waals surface area contributed by atoms with Gasteiger partial charge in [0.2, 0.25) is 5.91 Å². The molecule has 0 spiro atoms. The average molecular weight is 521 g/mol. The number of aromatic amines is 1. The third-order valence-corrected chi connectivity index (χ3v) is 6.81. The van der Waals surface area contributed by atoms with Crippen molar-refractivity contribution in [2.75, 3.05) is 32.6 Å². The van der Waals surface area contributed by atoms with E-state index in [1.165, 1.54) is 7.11 Å². The summed E-state index contributed by atoms with van der Waals surface area (Å²) in [6.07, 6.45) is 3.78. The predicted molar refractivity (Wildman–Crippen MR) is 145 cm³/mol. The van der Waals surface area contributed by atoms with Crippen LogP contribution in [0.1, 0.15) is 53.8 Å². The largest absolute Gasteiger partial charge is 0.469 e. The zero-order valence-electron chi connectivity index (χ0n) is 22.0. The van der Waals surface area contributed by atoms with Gasteiger partial charge >= 0.3 is 5.97 Å². The number of rotatable bonds is 11. The van der Waals surface area contributed by atoms with Crippen LogP contribution in [0.25, 0.3) is 11.0 Å². The molecule has 0 fully saturated rings. The number of nitrogens with one attached hydrogen (secondary N) is 2. The van der Waals surface area contributed by atoms with Crippen molar-refractivity contribution in [2.24, 2.45) is 5.73 Å². The van der Waals surface area contributed by atoms with Gasteiger partial charge in [-0.25, -0.2) is 4.98 Å². The molecule has 2 heterocycles. The third kappa shape index (κ3) is 6.49. The summed E-state index contributed by atoms with van der Waals surface area (Å²) in [5, 5.41) is 3.17. The number of nitrogens with two attached hydrogens (primary N) is 1. The minimum absolute atomic E-state index is 0.0742. The summed E-state index contributed by atoms with van der Waals surface area (Å²) in [6.45, 7) is 1.94. The Hall–Kier alpha value is -3.92. The highest BCUT2D eigenvalue weighted by Gasteiger charge is 2.30. The van der Waals surface area contributed by atoms with Crippen LogP contribution in [0, 0.1) is 0 Å². The molecule has 1 atom stereocenters. The fourth-order valence-corrected chi connectivity index (χ4v) is 4.73. The molecule has 10 heteroatoms. The van der Waals surface area contributed by atoms with Gasteiger partial charge in [0.1, 0.15) is 11.9 Å². The Morgan fingerprint density at radius 1 is 1.16 bits per heavy atom. The molecule has 0 saturated carbocycles. The topological polar surface area (TPSA) is 134 Å². The SMILES string of the molecule is COC(=O)C[C@H]1Nc2ccc(C(=O)N(CCCCCCN)Cc3nc4ccccc4[nH]3)cc2CN(C)C1=O. The van der Waals surface area contributed by atoms with Crippen LogP contribution in [0.2, 0.25) is 0 Å². The lowest BCUT2D eigenvalue weighted by Crippen LogP contribution is -2.39. The zero-order chi connectivity index (χ0) is 27.1. The van der Waals surface area contributed by atoms with Crippen molar-refractivity contribution in [3.8, 4) is 0 Å². The van der Waals surface area contributed by atoms with E-state index in [2.05, 4.69) is 15.3 Å². The van der Waals surface area contributed by atoms with Gasteiger partial charge in [-0.1, -0.05) is 25.0 Å². The van der Waals surface area contributed by atoms with E-state index in [1.54, 1.807) is 24.1 Å². The minimum Gasteiger partial charge on any atom is -0.469 e. The van der Waals surface area contributed by atoms with Crippen LogP contribution in [0.4, 0.5) is 5.69 Å². The minimum atomic E-state index is -0.728. The summed E-state index contributed by atoms with van der Waals surface area (Å²) in [6, 6.07) is 12.5. The second kappa shape index (κ2) is 12.6. The number of benzene rings is 2. The number of fused-ring (bicyclic) bond motifs is 2. The van der Waals surface area contributed by atoms with Crippen molar-refractivity contribution in [3.05, 3.63) is 59.4 Å². The number of anilines is 1. The lowest BCUT2D eigenvalue weighted by atomic mass is 10.1. The average Bonchev–Trinajstić information content (AvgIpc) is 3.29. The number of unbranched alkanes of at least 4 members (excludes halogenated alkanes) is 3. The van der Waals surface area contributed by atoms with Gasteiger partial charge in [0, 0.05) is 31.4 Å². The second-order valence-electron chi connectivity index (χ2n) is 9.67. The van der Waals surface area contributed by atoms with Crippen LogP contribution in [0.5, 0.6) is 0 Å². The molecule has 4 rings (SSSR count). The van der Waals surface area contributed by atoms with E-state index in [-0.39, 0.29) is 18.2 Å². The molecule has 0 radical (unpaired) electrons. The number of likely N-dealkylation sites (N-methyl/N-ethyl adjacent to an activating group) is 1. The summed E-state index contributed by atoms with van der Waals surface area (Å²) in [4.78, 5) is 49.8. The summed E-state index contributed by atoms with van der Waals surface area (Å²) >= 11 is 0. The normalized spacial score (nSPS) is 15.1. The van der Waals surface area contributed by atoms with Crippen LogP contribution in [-0.4, -0.2) is 70.8 Å². The smallest absolute Gasteiger partial charge is 0.308 e. The van der Waals surface area contributed by atoms with Gasteiger partial charge in [-0.05, 0) is 55.3 Å². The van der Waals surface area contributed by atoms with E-state index in [1.807, 2.05) is 35.2 Å². The molecule has 0 aliphatic carbocycles.